The number of fused-ring (bicyclic) bond motifs is 1. The van der Waals surface area contributed by atoms with Crippen molar-refractivity contribution in [2.24, 2.45) is 0 Å². The van der Waals surface area contributed by atoms with Crippen LogP contribution in [0.4, 0.5) is 17.6 Å². The van der Waals surface area contributed by atoms with Crippen molar-refractivity contribution < 1.29 is 27.2 Å². The lowest BCUT2D eigenvalue weighted by Crippen LogP contribution is -2.34. The van der Waals surface area contributed by atoms with Crippen molar-refractivity contribution >= 4 is 27.5 Å². The van der Waals surface area contributed by atoms with Crippen molar-refractivity contribution in [2.75, 3.05) is 6.54 Å². The van der Waals surface area contributed by atoms with Gasteiger partial charge >= 0.3 is 12.1 Å². The van der Waals surface area contributed by atoms with E-state index in [0.29, 0.717) is 24.2 Å². The van der Waals surface area contributed by atoms with Crippen LogP contribution in [0, 0.1) is 5.82 Å². The number of rotatable bonds is 2. The van der Waals surface area contributed by atoms with E-state index in [1.54, 1.807) is 10.6 Å². The van der Waals surface area contributed by atoms with Crippen LogP contribution in [-0.2, 0) is 9.63 Å². The number of hydrogen-bond donors (Lipinski definition) is 0. The zero-order valence-electron chi connectivity index (χ0n) is 11.5. The average Bonchev–Trinajstić information content (AvgIpc) is 3.04. The van der Waals surface area contributed by atoms with Gasteiger partial charge in [-0.05, 0) is 28.8 Å². The maximum atomic E-state index is 13.5. The second-order valence-corrected chi connectivity index (χ2v) is 5.93. The van der Waals surface area contributed by atoms with Gasteiger partial charge in [0.2, 0.25) is 0 Å². The van der Waals surface area contributed by atoms with Gasteiger partial charge in [0.05, 0.1) is 16.2 Å². The third kappa shape index (κ3) is 3.18. The second kappa shape index (κ2) is 5.75. The van der Waals surface area contributed by atoms with E-state index in [1.165, 1.54) is 12.3 Å². The molecule has 0 saturated carbocycles. The fraction of sp³-hybridized carbons (Fsp3) is 0.385. The molecular weight excluding hydrogens is 386 g/mol. The number of nitrogens with zero attached hydrogens (tertiary/aromatic N) is 3. The summed E-state index contributed by atoms with van der Waals surface area (Å²) in [6.07, 6.45) is -0.980. The van der Waals surface area contributed by atoms with Gasteiger partial charge in [-0.25, -0.2) is 14.2 Å². The minimum atomic E-state index is -5.06. The van der Waals surface area contributed by atoms with Crippen molar-refractivity contribution in [1.82, 2.24) is 14.4 Å². The molecule has 0 bridgehead atoms. The van der Waals surface area contributed by atoms with Gasteiger partial charge in [0.25, 0.3) is 0 Å². The van der Waals surface area contributed by atoms with Gasteiger partial charge in [-0.1, -0.05) is 0 Å². The summed E-state index contributed by atoms with van der Waals surface area (Å²) >= 11 is 3.05. The smallest absolute Gasteiger partial charge is 0.360 e. The molecule has 0 radical (unpaired) electrons. The van der Waals surface area contributed by atoms with E-state index in [-0.39, 0.29) is 11.0 Å². The third-order valence-corrected chi connectivity index (χ3v) is 4.08. The van der Waals surface area contributed by atoms with Gasteiger partial charge < -0.3 is 9.24 Å². The molecule has 0 aromatic carbocycles. The number of hydroxylamine groups is 2. The van der Waals surface area contributed by atoms with Gasteiger partial charge in [0, 0.05) is 25.0 Å². The summed E-state index contributed by atoms with van der Waals surface area (Å²) in [5.41, 5.74) is 0.727. The molecule has 1 fully saturated rings. The lowest BCUT2D eigenvalue weighted by molar-refractivity contribution is -0.242. The molecule has 5 nitrogen and oxygen atoms in total. The van der Waals surface area contributed by atoms with Gasteiger partial charge in [0.1, 0.15) is 11.5 Å². The predicted molar refractivity (Wildman–Crippen MR) is 73.7 cm³/mol. The number of imidazole rings is 1. The highest BCUT2D eigenvalue weighted by Crippen LogP contribution is 2.33. The molecule has 1 saturated heterocycles. The Labute approximate surface area is 135 Å². The third-order valence-electron chi connectivity index (χ3n) is 3.49. The molecule has 0 amide bonds. The molecule has 2 aromatic rings. The quantitative estimate of drug-likeness (QED) is 0.731. The molecule has 2 aromatic heterocycles. The minimum Gasteiger partial charge on any atom is -0.360 e. The van der Waals surface area contributed by atoms with Crippen LogP contribution >= 0.6 is 15.9 Å². The van der Waals surface area contributed by atoms with E-state index in [4.69, 9.17) is 0 Å². The number of carbonyl (C=O) groups excluding carboxylic acids is 1. The molecule has 124 valence electrons. The zero-order valence-corrected chi connectivity index (χ0v) is 13.1. The van der Waals surface area contributed by atoms with Crippen LogP contribution < -0.4 is 0 Å². The van der Waals surface area contributed by atoms with Crippen LogP contribution in [0.2, 0.25) is 0 Å². The van der Waals surface area contributed by atoms with Crippen molar-refractivity contribution in [3.63, 3.8) is 0 Å². The van der Waals surface area contributed by atoms with Crippen LogP contribution in [0.3, 0.4) is 0 Å². The lowest BCUT2D eigenvalue weighted by atomic mass is 10.2. The standard InChI is InChI=1S/C13H10BrF4N3O2/c14-7-5-20-6-9(19-11(20)4-8(7)15)10-2-1-3-21(10)23-12(22)13(16,17)18/h4-6,10H,1-3H2. The second-order valence-electron chi connectivity index (χ2n) is 5.08. The first-order valence-corrected chi connectivity index (χ1v) is 7.44. The summed E-state index contributed by atoms with van der Waals surface area (Å²) in [7, 11) is 0. The predicted octanol–water partition coefficient (Wildman–Crippen LogP) is 3.39. The van der Waals surface area contributed by atoms with Crippen LogP contribution in [-0.4, -0.2) is 33.1 Å². The summed E-state index contributed by atoms with van der Waals surface area (Å²) in [6, 6.07) is 0.609. The molecule has 3 heterocycles. The Morgan fingerprint density at radius 3 is 2.83 bits per heavy atom. The number of alkyl halides is 3. The number of pyridine rings is 1. The topological polar surface area (TPSA) is 46.8 Å². The SMILES string of the molecule is O=C(ON1CCCC1c1cn2cc(Br)c(F)cc2n1)C(F)(F)F. The van der Waals surface area contributed by atoms with Gasteiger partial charge in [0.15, 0.2) is 0 Å². The molecule has 1 unspecified atom stereocenters. The molecule has 0 spiro atoms. The van der Waals surface area contributed by atoms with E-state index in [9.17, 15) is 22.4 Å². The van der Waals surface area contributed by atoms with Crippen LogP contribution in [0.15, 0.2) is 22.9 Å². The maximum absolute atomic E-state index is 13.5. The van der Waals surface area contributed by atoms with E-state index in [0.717, 1.165) is 5.06 Å². The molecule has 0 aliphatic carbocycles. The first-order valence-electron chi connectivity index (χ1n) is 6.65. The van der Waals surface area contributed by atoms with Crippen molar-refractivity contribution in [3.8, 4) is 0 Å². The van der Waals surface area contributed by atoms with E-state index in [1.807, 2.05) is 0 Å². The Hall–Kier alpha value is -1.68. The van der Waals surface area contributed by atoms with E-state index in [2.05, 4.69) is 25.8 Å². The Kier molecular flexibility index (Phi) is 4.05. The monoisotopic (exact) mass is 395 g/mol. The summed E-state index contributed by atoms with van der Waals surface area (Å²) < 4.78 is 52.3. The van der Waals surface area contributed by atoms with Gasteiger partial charge in [-0.2, -0.15) is 13.2 Å². The van der Waals surface area contributed by atoms with Crippen LogP contribution in [0.25, 0.3) is 5.65 Å². The zero-order chi connectivity index (χ0) is 16.8. The molecule has 1 atom stereocenters. The molecular formula is C13H10BrF4N3O2. The lowest BCUT2D eigenvalue weighted by Gasteiger charge is -2.21. The highest BCUT2D eigenvalue weighted by Gasteiger charge is 2.44. The highest BCUT2D eigenvalue weighted by atomic mass is 79.9. The highest BCUT2D eigenvalue weighted by molar-refractivity contribution is 9.10. The first-order chi connectivity index (χ1) is 10.8. The Morgan fingerprint density at radius 1 is 1.39 bits per heavy atom. The molecule has 1 aliphatic rings. The summed E-state index contributed by atoms with van der Waals surface area (Å²) in [5, 5.41) is 0.975. The fourth-order valence-electron chi connectivity index (χ4n) is 2.47. The number of halogens is 5. The molecule has 0 N–H and O–H groups in total. The van der Waals surface area contributed by atoms with Crippen molar-refractivity contribution in [2.45, 2.75) is 25.1 Å². The molecule has 1 aliphatic heterocycles. The Balaban J connectivity index is 1.86. The van der Waals surface area contributed by atoms with Crippen LogP contribution in [0.5, 0.6) is 0 Å². The van der Waals surface area contributed by atoms with E-state index < -0.39 is 24.0 Å². The molecule has 10 heteroatoms. The molecule has 23 heavy (non-hydrogen) atoms. The molecule has 3 rings (SSSR count). The number of hydrogen-bond acceptors (Lipinski definition) is 4. The summed E-state index contributed by atoms with van der Waals surface area (Å²) in [6.45, 7) is 0.179. The fourth-order valence-corrected chi connectivity index (χ4v) is 2.80. The van der Waals surface area contributed by atoms with Crippen molar-refractivity contribution in [3.05, 3.63) is 34.4 Å². The average molecular weight is 396 g/mol. The number of aromatic nitrogens is 2. The first kappa shape index (κ1) is 16.2. The summed E-state index contributed by atoms with van der Waals surface area (Å²) in [4.78, 5) is 19.6. The maximum Gasteiger partial charge on any atom is 0.492 e. The number of carbonyl (C=O) groups is 1. The summed E-state index contributed by atoms with van der Waals surface area (Å²) in [5.74, 6) is -2.76. The minimum absolute atomic E-state index is 0.179. The largest absolute Gasteiger partial charge is 0.492 e. The normalized spacial score (nSPS) is 19.4. The Bertz CT molecular complexity index is 722. The van der Waals surface area contributed by atoms with Gasteiger partial charge in [-0.3, -0.25) is 0 Å². The van der Waals surface area contributed by atoms with E-state index >= 15 is 0 Å². The van der Waals surface area contributed by atoms with Crippen LogP contribution in [0.1, 0.15) is 24.6 Å². The van der Waals surface area contributed by atoms with Crippen molar-refractivity contribution in [1.29, 1.82) is 0 Å². The van der Waals surface area contributed by atoms with Gasteiger partial charge in [-0.15, -0.1) is 5.06 Å². The Morgan fingerprint density at radius 2 is 2.13 bits per heavy atom.